The molecule has 0 radical (unpaired) electrons. The van der Waals surface area contributed by atoms with Crippen LogP contribution >= 0.6 is 23.8 Å². The molecule has 1 aromatic heterocycles. The van der Waals surface area contributed by atoms with E-state index < -0.39 is 5.91 Å². The molecule has 3 N–H and O–H groups in total. The number of carbonyl (C=O) groups is 2. The van der Waals surface area contributed by atoms with Gasteiger partial charge in [0.2, 0.25) is 5.91 Å². The van der Waals surface area contributed by atoms with Crippen molar-refractivity contribution >= 4 is 63.5 Å². The van der Waals surface area contributed by atoms with Crippen molar-refractivity contribution in [2.24, 2.45) is 0 Å². The monoisotopic (exact) mass is 432 g/mol. The van der Waals surface area contributed by atoms with Crippen molar-refractivity contribution in [2.75, 3.05) is 17.2 Å². The summed E-state index contributed by atoms with van der Waals surface area (Å²) < 4.78 is 10.9. The number of aromatic nitrogens is 1. The molecule has 0 bridgehead atoms. The SMILES string of the molecule is CCOc1ccc(C(=O)NC(=S)Nc2nc3ccc(NC(C)=O)cc3o2)cc1Cl. The maximum absolute atomic E-state index is 12.4. The summed E-state index contributed by atoms with van der Waals surface area (Å²) in [4.78, 5) is 27.7. The smallest absolute Gasteiger partial charge is 0.302 e. The highest BCUT2D eigenvalue weighted by Gasteiger charge is 2.13. The van der Waals surface area contributed by atoms with Gasteiger partial charge in [-0.25, -0.2) is 0 Å². The number of hydrogen-bond donors (Lipinski definition) is 3. The molecule has 0 saturated heterocycles. The number of halogens is 1. The molecule has 2 amide bonds. The molecule has 3 rings (SSSR count). The number of ether oxygens (including phenoxy) is 1. The number of nitrogens with zero attached hydrogens (tertiary/aromatic N) is 1. The van der Waals surface area contributed by atoms with Crippen LogP contribution in [0.25, 0.3) is 11.1 Å². The van der Waals surface area contributed by atoms with Gasteiger partial charge < -0.3 is 14.5 Å². The Kier molecular flexibility index (Phi) is 6.30. The molecule has 1 heterocycles. The van der Waals surface area contributed by atoms with Gasteiger partial charge in [-0.15, -0.1) is 0 Å². The van der Waals surface area contributed by atoms with Crippen molar-refractivity contribution in [1.82, 2.24) is 10.3 Å². The van der Waals surface area contributed by atoms with Crippen LogP contribution in [0, 0.1) is 0 Å². The summed E-state index contributed by atoms with van der Waals surface area (Å²) >= 11 is 11.2. The summed E-state index contributed by atoms with van der Waals surface area (Å²) in [6, 6.07) is 9.83. The van der Waals surface area contributed by atoms with Gasteiger partial charge in [0.25, 0.3) is 5.91 Å². The second-order valence-electron chi connectivity index (χ2n) is 5.87. The molecule has 0 atom stereocenters. The van der Waals surface area contributed by atoms with Crippen molar-refractivity contribution in [3.05, 3.63) is 47.0 Å². The van der Waals surface area contributed by atoms with Crippen molar-refractivity contribution in [2.45, 2.75) is 13.8 Å². The molecular formula is C19H17ClN4O4S. The first-order valence-corrected chi connectivity index (χ1v) is 9.37. The van der Waals surface area contributed by atoms with Gasteiger partial charge in [-0.1, -0.05) is 11.6 Å². The Morgan fingerprint density at radius 3 is 2.69 bits per heavy atom. The van der Waals surface area contributed by atoms with Gasteiger partial charge in [0, 0.05) is 24.2 Å². The van der Waals surface area contributed by atoms with E-state index in [-0.39, 0.29) is 17.0 Å². The summed E-state index contributed by atoms with van der Waals surface area (Å²) in [5, 5.41) is 8.24. The van der Waals surface area contributed by atoms with Gasteiger partial charge in [-0.3, -0.25) is 20.2 Å². The van der Waals surface area contributed by atoms with Crippen LogP contribution in [0.15, 0.2) is 40.8 Å². The normalized spacial score (nSPS) is 10.4. The minimum atomic E-state index is -0.448. The Morgan fingerprint density at radius 2 is 2.00 bits per heavy atom. The molecule has 0 aliphatic carbocycles. The van der Waals surface area contributed by atoms with Crippen LogP contribution in [0.2, 0.25) is 5.02 Å². The van der Waals surface area contributed by atoms with E-state index in [1.807, 2.05) is 6.92 Å². The largest absolute Gasteiger partial charge is 0.492 e. The quantitative estimate of drug-likeness (QED) is 0.524. The fraction of sp³-hybridized carbons (Fsp3) is 0.158. The van der Waals surface area contributed by atoms with E-state index in [9.17, 15) is 9.59 Å². The second-order valence-corrected chi connectivity index (χ2v) is 6.68. The molecule has 8 nitrogen and oxygen atoms in total. The van der Waals surface area contributed by atoms with Gasteiger partial charge in [-0.05, 0) is 49.5 Å². The average Bonchev–Trinajstić information content (AvgIpc) is 3.04. The van der Waals surface area contributed by atoms with Crippen molar-refractivity contribution < 1.29 is 18.7 Å². The van der Waals surface area contributed by atoms with Crippen LogP contribution in [-0.2, 0) is 4.79 Å². The summed E-state index contributed by atoms with van der Waals surface area (Å²) in [6.45, 7) is 3.72. The first kappa shape index (κ1) is 20.6. The molecule has 3 aromatic rings. The summed E-state index contributed by atoms with van der Waals surface area (Å²) in [7, 11) is 0. The maximum atomic E-state index is 12.4. The highest BCUT2D eigenvalue weighted by atomic mass is 35.5. The number of carbonyl (C=O) groups excluding carboxylic acids is 2. The van der Waals surface area contributed by atoms with Crippen molar-refractivity contribution in [3.63, 3.8) is 0 Å². The third kappa shape index (κ3) is 5.21. The Bertz CT molecular complexity index is 1100. The topological polar surface area (TPSA) is 105 Å². The molecule has 0 aliphatic rings. The fourth-order valence-corrected chi connectivity index (χ4v) is 2.89. The zero-order valence-electron chi connectivity index (χ0n) is 15.5. The van der Waals surface area contributed by atoms with Crippen molar-refractivity contribution in [3.8, 4) is 5.75 Å². The number of oxazole rings is 1. The Balaban J connectivity index is 1.66. The minimum Gasteiger partial charge on any atom is -0.492 e. The number of amides is 2. The first-order chi connectivity index (χ1) is 13.9. The van der Waals surface area contributed by atoms with E-state index in [4.69, 9.17) is 33.0 Å². The van der Waals surface area contributed by atoms with E-state index in [0.29, 0.717) is 39.7 Å². The van der Waals surface area contributed by atoms with E-state index >= 15 is 0 Å². The van der Waals surface area contributed by atoms with Gasteiger partial charge in [0.05, 0.1) is 11.6 Å². The fourth-order valence-electron chi connectivity index (χ4n) is 2.48. The third-order valence-corrected chi connectivity index (χ3v) is 4.15. The van der Waals surface area contributed by atoms with Crippen LogP contribution in [-0.4, -0.2) is 28.5 Å². The summed E-state index contributed by atoms with van der Waals surface area (Å²) in [5.41, 5.74) is 1.91. The highest BCUT2D eigenvalue weighted by molar-refractivity contribution is 7.80. The molecular weight excluding hydrogens is 416 g/mol. The molecule has 0 unspecified atom stereocenters. The lowest BCUT2D eigenvalue weighted by Crippen LogP contribution is -2.34. The van der Waals surface area contributed by atoms with Gasteiger partial charge in [-0.2, -0.15) is 4.98 Å². The Labute approximate surface area is 176 Å². The minimum absolute atomic E-state index is 0.00801. The predicted octanol–water partition coefficient (Wildman–Crippen LogP) is 3.97. The lowest BCUT2D eigenvalue weighted by Gasteiger charge is -2.09. The van der Waals surface area contributed by atoms with E-state index in [1.54, 1.807) is 30.3 Å². The number of benzene rings is 2. The number of anilines is 2. The number of thiocarbonyl (C=S) groups is 1. The van der Waals surface area contributed by atoms with Crippen LogP contribution < -0.4 is 20.7 Å². The van der Waals surface area contributed by atoms with Crippen LogP contribution in [0.4, 0.5) is 11.7 Å². The molecule has 29 heavy (non-hydrogen) atoms. The summed E-state index contributed by atoms with van der Waals surface area (Å²) in [5.74, 6) is -0.145. The lowest BCUT2D eigenvalue weighted by atomic mass is 10.2. The lowest BCUT2D eigenvalue weighted by molar-refractivity contribution is -0.114. The molecule has 0 aliphatic heterocycles. The number of nitrogens with one attached hydrogen (secondary N) is 3. The number of hydrogen-bond acceptors (Lipinski definition) is 6. The zero-order valence-corrected chi connectivity index (χ0v) is 17.1. The Hall–Kier alpha value is -3.17. The molecule has 2 aromatic carbocycles. The molecule has 0 spiro atoms. The van der Waals surface area contributed by atoms with Crippen LogP contribution in [0.1, 0.15) is 24.2 Å². The van der Waals surface area contributed by atoms with Crippen LogP contribution in [0.3, 0.4) is 0 Å². The van der Waals surface area contributed by atoms with E-state index in [1.165, 1.54) is 13.0 Å². The maximum Gasteiger partial charge on any atom is 0.302 e. The van der Waals surface area contributed by atoms with E-state index in [2.05, 4.69) is 20.9 Å². The summed E-state index contributed by atoms with van der Waals surface area (Å²) in [6.07, 6.45) is 0. The molecule has 0 saturated carbocycles. The number of rotatable bonds is 5. The zero-order chi connectivity index (χ0) is 21.0. The predicted molar refractivity (Wildman–Crippen MR) is 115 cm³/mol. The van der Waals surface area contributed by atoms with Gasteiger partial charge >= 0.3 is 6.01 Å². The highest BCUT2D eigenvalue weighted by Crippen LogP contribution is 2.25. The number of fused-ring (bicyclic) bond motifs is 1. The first-order valence-electron chi connectivity index (χ1n) is 8.58. The van der Waals surface area contributed by atoms with Crippen LogP contribution in [0.5, 0.6) is 5.75 Å². The molecule has 10 heteroatoms. The van der Waals surface area contributed by atoms with Gasteiger partial charge in [0.15, 0.2) is 10.7 Å². The third-order valence-electron chi connectivity index (χ3n) is 3.65. The van der Waals surface area contributed by atoms with Gasteiger partial charge in [0.1, 0.15) is 11.3 Å². The molecule has 0 fully saturated rings. The van der Waals surface area contributed by atoms with E-state index in [0.717, 1.165) is 0 Å². The second kappa shape index (κ2) is 8.89. The average molecular weight is 433 g/mol. The Morgan fingerprint density at radius 1 is 1.21 bits per heavy atom. The molecule has 150 valence electrons. The van der Waals surface area contributed by atoms with Crippen molar-refractivity contribution in [1.29, 1.82) is 0 Å². The standard InChI is InChI=1S/C19H17ClN4O4S/c1-3-27-15-7-4-11(8-13(15)20)17(26)23-19(29)24-18-22-14-6-5-12(21-10(2)25)9-16(14)28-18/h4-9H,3H2,1-2H3,(H,21,25)(H2,22,23,24,26,29).